The molecule has 7 nitrogen and oxygen atoms in total. The number of rotatable bonds is 2. The van der Waals surface area contributed by atoms with Crippen LogP contribution in [0.1, 0.15) is 0 Å². The molecule has 1 rings (SSSR count). The molecular formula is C3H3F3N4O3. The molecule has 0 aromatic carbocycles. The third-order valence-electron chi connectivity index (χ3n) is 0.949. The Balaban J connectivity index is 2.41. The summed E-state index contributed by atoms with van der Waals surface area (Å²) in [7, 11) is 0. The van der Waals surface area contributed by atoms with Crippen LogP contribution in [0.25, 0.3) is 0 Å². The number of halogens is 3. The third kappa shape index (κ3) is 2.19. The highest BCUT2D eigenvalue weighted by Crippen LogP contribution is 2.17. The Morgan fingerprint density at radius 3 is 2.38 bits per heavy atom. The molecule has 1 aliphatic rings. The minimum Gasteiger partial charge on any atom is -0.323 e. The highest BCUT2D eigenvalue weighted by molar-refractivity contribution is 5.85. The average molecular weight is 200 g/mol. The molecular weight excluding hydrogens is 197 g/mol. The molecule has 1 heterocycles. The molecule has 0 unspecified atom stereocenters. The number of hydrogen-bond acceptors (Lipinski definition) is 5. The van der Waals surface area contributed by atoms with Crippen LogP contribution in [0, 0.1) is 0 Å². The van der Waals surface area contributed by atoms with E-state index in [9.17, 15) is 22.8 Å². The van der Waals surface area contributed by atoms with Gasteiger partial charge in [0, 0.05) is 5.28 Å². The van der Waals surface area contributed by atoms with Gasteiger partial charge < -0.3 is 4.84 Å². The van der Waals surface area contributed by atoms with Gasteiger partial charge in [-0.2, -0.15) is 13.2 Å². The van der Waals surface area contributed by atoms with E-state index in [1.165, 1.54) is 0 Å². The van der Waals surface area contributed by atoms with Crippen LogP contribution < -0.4 is 11.3 Å². The van der Waals surface area contributed by atoms with Gasteiger partial charge in [0.2, 0.25) is 0 Å². The summed E-state index contributed by atoms with van der Waals surface area (Å²) < 4.78 is 34.5. The van der Waals surface area contributed by atoms with Crippen LogP contribution in [0.15, 0.2) is 0 Å². The number of nitrogens with zero attached hydrogens (tertiary/aromatic N) is 2. The van der Waals surface area contributed by atoms with Crippen molar-refractivity contribution in [2.45, 2.75) is 6.18 Å². The second-order valence-electron chi connectivity index (χ2n) is 1.91. The molecule has 0 aromatic heterocycles. The summed E-state index contributed by atoms with van der Waals surface area (Å²) in [4.78, 5) is 23.8. The van der Waals surface area contributed by atoms with Crippen molar-refractivity contribution < 1.29 is 27.6 Å². The van der Waals surface area contributed by atoms with Crippen LogP contribution in [-0.4, -0.2) is 28.6 Å². The first kappa shape index (κ1) is 9.54. The molecule has 1 aliphatic heterocycles. The normalized spacial score (nSPS) is 15.8. The molecule has 3 N–H and O–H groups in total. The number of alkyl halides is 3. The molecule has 0 bridgehead atoms. The monoisotopic (exact) mass is 200 g/mol. The lowest BCUT2D eigenvalue weighted by Crippen LogP contribution is -2.43. The van der Waals surface area contributed by atoms with E-state index in [4.69, 9.17) is 5.84 Å². The van der Waals surface area contributed by atoms with Crippen molar-refractivity contribution in [2.24, 2.45) is 5.84 Å². The van der Waals surface area contributed by atoms with Gasteiger partial charge in [-0.05, 0) is 0 Å². The Morgan fingerprint density at radius 2 is 2.08 bits per heavy atom. The minimum atomic E-state index is -5.16. The summed E-state index contributed by atoms with van der Waals surface area (Å²) >= 11 is 0. The van der Waals surface area contributed by atoms with Crippen molar-refractivity contribution in [2.75, 3.05) is 0 Å². The molecule has 1 saturated heterocycles. The Kier molecular flexibility index (Phi) is 2.01. The Hall–Kier alpha value is -1.55. The van der Waals surface area contributed by atoms with Gasteiger partial charge in [0.25, 0.3) is 0 Å². The van der Waals surface area contributed by atoms with E-state index in [1.807, 2.05) is 5.43 Å². The highest BCUT2D eigenvalue weighted by Gasteiger charge is 2.45. The first-order valence-electron chi connectivity index (χ1n) is 2.77. The second kappa shape index (κ2) is 2.74. The van der Waals surface area contributed by atoms with Crippen molar-refractivity contribution in [3.63, 3.8) is 0 Å². The summed E-state index contributed by atoms with van der Waals surface area (Å²) in [6.07, 6.45) is -5.16. The van der Waals surface area contributed by atoms with Crippen molar-refractivity contribution in [1.29, 1.82) is 0 Å². The second-order valence-corrected chi connectivity index (χ2v) is 1.91. The number of nitrogens with two attached hydrogens (primary N) is 1. The maximum Gasteiger partial charge on any atom is 0.492 e. The van der Waals surface area contributed by atoms with Crippen LogP contribution in [-0.2, 0) is 9.63 Å². The molecule has 10 heteroatoms. The number of amides is 2. The van der Waals surface area contributed by atoms with E-state index >= 15 is 0 Å². The molecule has 0 aliphatic carbocycles. The fourth-order valence-electron chi connectivity index (χ4n) is 0.382. The zero-order valence-corrected chi connectivity index (χ0v) is 5.83. The van der Waals surface area contributed by atoms with Crippen LogP contribution in [0.4, 0.5) is 18.0 Å². The minimum absolute atomic E-state index is 0.155. The number of carbonyl (C=O) groups excluding carboxylic acids is 2. The van der Waals surface area contributed by atoms with Crippen molar-refractivity contribution in [3.8, 4) is 0 Å². The third-order valence-corrected chi connectivity index (χ3v) is 0.949. The maximum atomic E-state index is 11.5. The number of carbonyl (C=O) groups is 2. The molecule has 2 amide bonds. The Bertz CT molecular complexity index is 253. The molecule has 0 saturated carbocycles. The molecule has 0 aromatic rings. The number of nitrogens with one attached hydrogen (secondary N) is 1. The lowest BCUT2D eigenvalue weighted by Gasteiger charge is -2.13. The first-order chi connectivity index (χ1) is 5.82. The largest absolute Gasteiger partial charge is 0.492 e. The zero-order chi connectivity index (χ0) is 10.2. The summed E-state index contributed by atoms with van der Waals surface area (Å²) in [6.45, 7) is 0. The summed E-state index contributed by atoms with van der Waals surface area (Å²) in [5.74, 6) is 2.18. The fourth-order valence-corrected chi connectivity index (χ4v) is 0.382. The predicted molar refractivity (Wildman–Crippen MR) is 28.5 cm³/mol. The van der Waals surface area contributed by atoms with E-state index in [1.54, 1.807) is 0 Å². The molecule has 74 valence electrons. The first-order valence-corrected chi connectivity index (χ1v) is 2.77. The van der Waals surface area contributed by atoms with Gasteiger partial charge in [0.05, 0.1) is 0 Å². The quantitative estimate of drug-likeness (QED) is 0.339. The number of hydrazine groups is 3. The SMILES string of the molecule is NN(OC(=O)C(F)(F)F)N1NC1=O. The van der Waals surface area contributed by atoms with E-state index in [0.29, 0.717) is 5.12 Å². The summed E-state index contributed by atoms with van der Waals surface area (Å²) in [6, 6.07) is -0.780. The summed E-state index contributed by atoms with van der Waals surface area (Å²) in [5.41, 5.74) is 1.84. The van der Waals surface area contributed by atoms with Crippen LogP contribution in [0.3, 0.4) is 0 Å². The molecule has 0 atom stereocenters. The highest BCUT2D eigenvalue weighted by atomic mass is 19.4. The van der Waals surface area contributed by atoms with Crippen LogP contribution >= 0.6 is 0 Å². The van der Waals surface area contributed by atoms with Gasteiger partial charge in [0.15, 0.2) is 0 Å². The molecule has 13 heavy (non-hydrogen) atoms. The van der Waals surface area contributed by atoms with Crippen molar-refractivity contribution >= 4 is 12.0 Å². The molecule has 1 fully saturated rings. The van der Waals surface area contributed by atoms with Gasteiger partial charge in [0.1, 0.15) is 0 Å². The zero-order valence-electron chi connectivity index (χ0n) is 5.83. The average Bonchev–Trinajstić information content (AvgIpc) is 2.64. The van der Waals surface area contributed by atoms with Crippen LogP contribution in [0.2, 0.25) is 0 Å². The van der Waals surface area contributed by atoms with Crippen molar-refractivity contribution in [3.05, 3.63) is 0 Å². The smallest absolute Gasteiger partial charge is 0.323 e. The van der Waals surface area contributed by atoms with Gasteiger partial charge in [-0.1, -0.05) is 0 Å². The Morgan fingerprint density at radius 1 is 1.62 bits per heavy atom. The van der Waals surface area contributed by atoms with Gasteiger partial charge in [-0.25, -0.2) is 20.9 Å². The maximum absolute atomic E-state index is 11.5. The fraction of sp³-hybridized carbons (Fsp3) is 0.333. The van der Waals surface area contributed by atoms with E-state index in [-0.39, 0.29) is 5.28 Å². The number of urea groups is 1. The topological polar surface area (TPSA) is 97.6 Å². The lowest BCUT2D eigenvalue weighted by molar-refractivity contribution is -0.271. The van der Waals surface area contributed by atoms with E-state index < -0.39 is 18.2 Å². The molecule has 0 spiro atoms. The van der Waals surface area contributed by atoms with Gasteiger partial charge in [-0.15, -0.1) is 5.12 Å². The van der Waals surface area contributed by atoms with Crippen LogP contribution in [0.5, 0.6) is 0 Å². The number of hydrogen-bond donors (Lipinski definition) is 2. The summed E-state index contributed by atoms with van der Waals surface area (Å²) in [5, 5.41) is 0.210. The standard InChI is InChI=1S/C3H3F3N4O3/c4-3(5,6)1(11)13-10(7)9-2(12)8-9/h7H2,(H,8,12). The van der Waals surface area contributed by atoms with Crippen molar-refractivity contribution in [1.82, 2.24) is 15.8 Å². The predicted octanol–water partition coefficient (Wildman–Crippen LogP) is -0.962. The lowest BCUT2D eigenvalue weighted by atomic mass is 10.7. The van der Waals surface area contributed by atoms with E-state index in [0.717, 1.165) is 0 Å². The van der Waals surface area contributed by atoms with Gasteiger partial charge in [-0.3, -0.25) is 0 Å². The van der Waals surface area contributed by atoms with Gasteiger partial charge >= 0.3 is 18.2 Å². The Labute approximate surface area is 68.7 Å². The molecule has 0 radical (unpaired) electrons. The van der Waals surface area contributed by atoms with E-state index in [2.05, 4.69) is 4.84 Å².